The molecule has 1 rings (SSSR count). The third-order valence-electron chi connectivity index (χ3n) is 1.74. The number of phosphoric ester groups is 1. The molecule has 0 aromatic carbocycles. The molecule has 0 spiro atoms. The summed E-state index contributed by atoms with van der Waals surface area (Å²) in [4.78, 5) is 21.0. The van der Waals surface area contributed by atoms with E-state index in [0.717, 1.165) is 11.3 Å². The van der Waals surface area contributed by atoms with Crippen molar-refractivity contribution in [2.45, 2.75) is 20.5 Å². The Balaban J connectivity index is 2.73. The Morgan fingerprint density at radius 3 is 2.64 bits per heavy atom. The lowest BCUT2D eigenvalue weighted by atomic mass is 10.1. The first-order chi connectivity index (χ1) is 6.38. The molecule has 0 saturated heterocycles. The third-order valence-corrected chi connectivity index (χ3v) is 2.21. The van der Waals surface area contributed by atoms with Gasteiger partial charge in [0.05, 0.1) is 6.61 Å². The van der Waals surface area contributed by atoms with E-state index in [1.54, 1.807) is 6.20 Å². The van der Waals surface area contributed by atoms with Gasteiger partial charge in [0.2, 0.25) is 0 Å². The molecule has 0 radical (unpaired) electrons. The molecule has 0 atom stereocenters. The molecule has 1 aromatic heterocycles. The number of pyridine rings is 1. The zero-order valence-corrected chi connectivity index (χ0v) is 8.86. The van der Waals surface area contributed by atoms with E-state index in [1.165, 1.54) is 0 Å². The van der Waals surface area contributed by atoms with Gasteiger partial charge in [-0.05, 0) is 31.0 Å². The molecular formula is C8H12NO4P. The molecule has 2 N–H and O–H groups in total. The second-order valence-corrected chi connectivity index (χ2v) is 4.26. The molecule has 0 amide bonds. The quantitative estimate of drug-likeness (QED) is 0.746. The van der Waals surface area contributed by atoms with Gasteiger partial charge in [-0.2, -0.15) is 0 Å². The summed E-state index contributed by atoms with van der Waals surface area (Å²) in [6.45, 7) is 3.57. The lowest BCUT2D eigenvalue weighted by Crippen LogP contribution is -1.96. The van der Waals surface area contributed by atoms with Crippen LogP contribution in [-0.4, -0.2) is 14.8 Å². The highest BCUT2D eigenvalue weighted by molar-refractivity contribution is 7.46. The van der Waals surface area contributed by atoms with E-state index in [9.17, 15) is 4.57 Å². The fraction of sp³-hybridized carbons (Fsp3) is 0.375. The van der Waals surface area contributed by atoms with Crippen molar-refractivity contribution in [3.8, 4) is 0 Å². The van der Waals surface area contributed by atoms with Gasteiger partial charge in [-0.3, -0.25) is 9.51 Å². The van der Waals surface area contributed by atoms with Crippen molar-refractivity contribution >= 4 is 7.82 Å². The highest BCUT2D eigenvalue weighted by atomic mass is 31.2. The molecule has 0 fully saturated rings. The maximum absolute atomic E-state index is 10.4. The van der Waals surface area contributed by atoms with Crippen molar-refractivity contribution in [3.63, 3.8) is 0 Å². The van der Waals surface area contributed by atoms with Gasteiger partial charge >= 0.3 is 7.82 Å². The zero-order chi connectivity index (χ0) is 10.8. The summed E-state index contributed by atoms with van der Waals surface area (Å²) in [6.07, 6.45) is 1.56. The summed E-state index contributed by atoms with van der Waals surface area (Å²) in [5, 5.41) is 0. The van der Waals surface area contributed by atoms with Crippen LogP contribution in [0.3, 0.4) is 0 Å². The van der Waals surface area contributed by atoms with Crippen LogP contribution in [0.4, 0.5) is 0 Å². The number of aryl methyl sites for hydroxylation is 2. The van der Waals surface area contributed by atoms with E-state index >= 15 is 0 Å². The first-order valence-corrected chi connectivity index (χ1v) is 5.54. The average molecular weight is 217 g/mol. The number of phosphoric acid groups is 1. The number of nitrogens with zero attached hydrogens (tertiary/aromatic N) is 1. The number of rotatable bonds is 3. The zero-order valence-electron chi connectivity index (χ0n) is 7.97. The smallest absolute Gasteiger partial charge is 0.303 e. The van der Waals surface area contributed by atoms with E-state index in [2.05, 4.69) is 9.51 Å². The van der Waals surface area contributed by atoms with Crippen LogP contribution in [-0.2, 0) is 15.7 Å². The molecule has 0 bridgehead atoms. The predicted octanol–water partition coefficient (Wildman–Crippen LogP) is 1.31. The monoisotopic (exact) mass is 217 g/mol. The largest absolute Gasteiger partial charge is 0.469 e. The molecule has 0 unspecified atom stereocenters. The summed E-state index contributed by atoms with van der Waals surface area (Å²) in [6, 6.07) is 1.83. The second kappa shape index (κ2) is 4.19. The predicted molar refractivity (Wildman–Crippen MR) is 50.5 cm³/mol. The van der Waals surface area contributed by atoms with Crippen LogP contribution in [0.1, 0.15) is 16.8 Å². The molecule has 0 aliphatic carbocycles. The van der Waals surface area contributed by atoms with Gasteiger partial charge in [0.25, 0.3) is 0 Å². The molecule has 5 nitrogen and oxygen atoms in total. The SMILES string of the molecule is Cc1cc(C)c(COP(=O)(O)O)cn1. The number of hydrogen-bond donors (Lipinski definition) is 2. The molecule has 14 heavy (non-hydrogen) atoms. The van der Waals surface area contributed by atoms with Crippen molar-refractivity contribution in [2.24, 2.45) is 0 Å². The van der Waals surface area contributed by atoms with Crippen LogP contribution in [0.15, 0.2) is 12.3 Å². The van der Waals surface area contributed by atoms with Crippen LogP contribution in [0.2, 0.25) is 0 Å². The van der Waals surface area contributed by atoms with E-state index in [-0.39, 0.29) is 6.61 Å². The number of aromatic nitrogens is 1. The molecule has 6 heteroatoms. The molecule has 1 heterocycles. The Bertz CT molecular complexity index is 374. The molecule has 0 saturated carbocycles. The summed E-state index contributed by atoms with van der Waals surface area (Å²) >= 11 is 0. The van der Waals surface area contributed by atoms with Crippen molar-refractivity contribution in [2.75, 3.05) is 0 Å². The van der Waals surface area contributed by atoms with Gasteiger partial charge in [0.15, 0.2) is 0 Å². The second-order valence-electron chi connectivity index (χ2n) is 3.02. The van der Waals surface area contributed by atoms with Gasteiger partial charge in [-0.15, -0.1) is 0 Å². The van der Waals surface area contributed by atoms with Crippen LogP contribution < -0.4 is 0 Å². The topological polar surface area (TPSA) is 79.7 Å². The van der Waals surface area contributed by atoms with Gasteiger partial charge < -0.3 is 9.79 Å². The van der Waals surface area contributed by atoms with Gasteiger partial charge in [0.1, 0.15) is 0 Å². The minimum Gasteiger partial charge on any atom is -0.303 e. The average Bonchev–Trinajstić information content (AvgIpc) is 2.00. The Morgan fingerprint density at radius 1 is 1.50 bits per heavy atom. The molecule has 1 aromatic rings. The van der Waals surface area contributed by atoms with E-state index < -0.39 is 7.82 Å². The highest BCUT2D eigenvalue weighted by Gasteiger charge is 2.14. The number of hydrogen-bond acceptors (Lipinski definition) is 3. The Labute approximate surface area is 82.0 Å². The highest BCUT2D eigenvalue weighted by Crippen LogP contribution is 2.37. The summed E-state index contributed by atoms with van der Waals surface area (Å²) in [7, 11) is -4.39. The van der Waals surface area contributed by atoms with Crippen LogP contribution >= 0.6 is 7.82 Å². The van der Waals surface area contributed by atoms with Crippen LogP contribution in [0.5, 0.6) is 0 Å². The fourth-order valence-electron chi connectivity index (χ4n) is 1.03. The fourth-order valence-corrected chi connectivity index (χ4v) is 1.34. The van der Waals surface area contributed by atoms with Crippen molar-refractivity contribution in [1.82, 2.24) is 4.98 Å². The van der Waals surface area contributed by atoms with Crippen molar-refractivity contribution in [3.05, 3.63) is 29.1 Å². The molecule has 0 aliphatic rings. The van der Waals surface area contributed by atoms with E-state index in [1.807, 2.05) is 19.9 Å². The third kappa shape index (κ3) is 3.55. The lowest BCUT2D eigenvalue weighted by Gasteiger charge is -2.07. The summed E-state index contributed by atoms with van der Waals surface area (Å²) in [5.74, 6) is 0. The Morgan fingerprint density at radius 2 is 2.14 bits per heavy atom. The standard InChI is InChI=1S/C8H12NO4P/c1-6-3-7(2)9-4-8(6)5-13-14(10,11)12/h3-4H,5H2,1-2H3,(H2,10,11,12). The van der Waals surface area contributed by atoms with Crippen LogP contribution in [0.25, 0.3) is 0 Å². The minimum absolute atomic E-state index is 0.122. The lowest BCUT2D eigenvalue weighted by molar-refractivity contribution is 0.188. The minimum atomic E-state index is -4.39. The van der Waals surface area contributed by atoms with E-state index in [4.69, 9.17) is 9.79 Å². The molecule has 78 valence electrons. The summed E-state index contributed by atoms with van der Waals surface area (Å²) in [5.41, 5.74) is 2.45. The summed E-state index contributed by atoms with van der Waals surface area (Å²) < 4.78 is 14.8. The van der Waals surface area contributed by atoms with Crippen molar-refractivity contribution < 1.29 is 18.9 Å². The van der Waals surface area contributed by atoms with Crippen molar-refractivity contribution in [1.29, 1.82) is 0 Å². The maximum atomic E-state index is 10.4. The van der Waals surface area contributed by atoms with Gasteiger partial charge in [-0.1, -0.05) is 0 Å². The molecule has 0 aliphatic heterocycles. The first kappa shape index (κ1) is 11.3. The Hall–Kier alpha value is -0.740. The van der Waals surface area contributed by atoms with E-state index in [0.29, 0.717) is 5.56 Å². The molecular weight excluding hydrogens is 205 g/mol. The van der Waals surface area contributed by atoms with Gasteiger partial charge in [0, 0.05) is 11.9 Å². The Kier molecular flexibility index (Phi) is 3.39. The first-order valence-electron chi connectivity index (χ1n) is 4.01. The van der Waals surface area contributed by atoms with Crippen LogP contribution in [0, 0.1) is 13.8 Å². The van der Waals surface area contributed by atoms with Gasteiger partial charge in [-0.25, -0.2) is 4.57 Å². The maximum Gasteiger partial charge on any atom is 0.469 e. The normalized spacial score (nSPS) is 11.7.